The maximum absolute atomic E-state index is 13.2. The summed E-state index contributed by atoms with van der Waals surface area (Å²) in [7, 11) is 0. The van der Waals surface area contributed by atoms with Crippen molar-refractivity contribution in [2.75, 3.05) is 13.1 Å². The van der Waals surface area contributed by atoms with Crippen LogP contribution in [0.3, 0.4) is 0 Å². The number of carbonyl (C=O) groups excluding carboxylic acids is 3. The Morgan fingerprint density at radius 3 is 2.48 bits per heavy atom. The third kappa shape index (κ3) is 5.02. The molecule has 2 atom stereocenters. The van der Waals surface area contributed by atoms with Gasteiger partial charge in [-0.05, 0) is 46.5 Å². The molecule has 0 unspecified atom stereocenters. The number of nitrogens with zero attached hydrogens (tertiary/aromatic N) is 4. The highest BCUT2D eigenvalue weighted by atomic mass is 16.6. The number of alkyl carbamates (subject to hydrolysis) is 1. The molecule has 9 nitrogen and oxygen atoms in total. The second-order valence-corrected chi connectivity index (χ2v) is 9.61. The van der Waals surface area contributed by atoms with Crippen molar-refractivity contribution in [3.05, 3.63) is 17.7 Å². The molecule has 1 N–H and O–H groups in total. The first-order valence-corrected chi connectivity index (χ1v) is 11.1. The van der Waals surface area contributed by atoms with E-state index in [0.717, 1.165) is 12.1 Å². The predicted octanol–water partition coefficient (Wildman–Crippen LogP) is 2.91. The molecule has 0 bridgehead atoms. The molecule has 2 aliphatic heterocycles. The maximum Gasteiger partial charge on any atom is 0.408 e. The molecule has 3 rings (SSSR count). The van der Waals surface area contributed by atoms with E-state index in [0.29, 0.717) is 38.3 Å². The third-order valence-electron chi connectivity index (χ3n) is 6.15. The van der Waals surface area contributed by atoms with Crippen LogP contribution in [0.2, 0.25) is 0 Å². The number of aromatic nitrogens is 2. The fraction of sp³-hybridized carbons (Fsp3) is 0.727. The molecule has 1 saturated heterocycles. The van der Waals surface area contributed by atoms with Crippen LogP contribution in [0.15, 0.2) is 6.20 Å². The number of fused-ring (bicyclic) bond motifs is 1. The Morgan fingerprint density at radius 2 is 1.94 bits per heavy atom. The Hall–Kier alpha value is -2.58. The summed E-state index contributed by atoms with van der Waals surface area (Å²) in [6.07, 6.45) is 3.37. The van der Waals surface area contributed by atoms with Crippen molar-refractivity contribution < 1.29 is 19.1 Å². The van der Waals surface area contributed by atoms with E-state index in [2.05, 4.69) is 10.3 Å². The summed E-state index contributed by atoms with van der Waals surface area (Å²) in [5, 5.41) is 2.78. The summed E-state index contributed by atoms with van der Waals surface area (Å²) in [6, 6.07) is -0.560. The van der Waals surface area contributed by atoms with Gasteiger partial charge < -0.3 is 19.9 Å². The number of amides is 3. The van der Waals surface area contributed by atoms with Crippen LogP contribution in [-0.4, -0.2) is 68.2 Å². The molecule has 3 amide bonds. The first kappa shape index (κ1) is 23.1. The lowest BCUT2D eigenvalue weighted by molar-refractivity contribution is -0.136. The molecule has 0 saturated carbocycles. The van der Waals surface area contributed by atoms with Crippen LogP contribution >= 0.6 is 0 Å². The first-order chi connectivity index (χ1) is 14.5. The van der Waals surface area contributed by atoms with Gasteiger partial charge in [-0.1, -0.05) is 20.3 Å². The predicted molar refractivity (Wildman–Crippen MR) is 116 cm³/mol. The maximum atomic E-state index is 13.2. The summed E-state index contributed by atoms with van der Waals surface area (Å²) >= 11 is 0. The van der Waals surface area contributed by atoms with Gasteiger partial charge in [-0.3, -0.25) is 9.36 Å². The lowest BCUT2D eigenvalue weighted by Crippen LogP contribution is -2.55. The average Bonchev–Trinajstić information content (AvgIpc) is 3.23. The minimum atomic E-state index is -0.626. The SMILES string of the molecule is CC[C@H](C)[C@@H](NC(=O)OC(C)(C)C)C(=O)N1CCC(N2Cc3cnc(C)n3C2=O)CC1. The molecule has 1 aromatic heterocycles. The van der Waals surface area contributed by atoms with E-state index in [1.165, 1.54) is 0 Å². The zero-order valence-corrected chi connectivity index (χ0v) is 19.5. The highest BCUT2D eigenvalue weighted by Crippen LogP contribution is 2.26. The van der Waals surface area contributed by atoms with E-state index in [1.54, 1.807) is 36.4 Å². The number of hydrogen-bond donors (Lipinski definition) is 1. The zero-order chi connectivity index (χ0) is 22.9. The molecule has 0 spiro atoms. The van der Waals surface area contributed by atoms with Crippen molar-refractivity contribution in [2.45, 2.75) is 85.0 Å². The molecule has 172 valence electrons. The van der Waals surface area contributed by atoms with Gasteiger partial charge in [0.1, 0.15) is 17.5 Å². The van der Waals surface area contributed by atoms with Crippen molar-refractivity contribution >= 4 is 18.0 Å². The molecule has 2 aliphatic rings. The smallest absolute Gasteiger partial charge is 0.408 e. The lowest BCUT2D eigenvalue weighted by Gasteiger charge is -2.38. The summed E-state index contributed by atoms with van der Waals surface area (Å²) in [5.41, 5.74) is 0.292. The number of piperidine rings is 1. The van der Waals surface area contributed by atoms with Crippen molar-refractivity contribution in [1.82, 2.24) is 24.7 Å². The molecule has 9 heteroatoms. The van der Waals surface area contributed by atoms with Crippen LogP contribution in [0.5, 0.6) is 0 Å². The van der Waals surface area contributed by atoms with Gasteiger partial charge in [0.15, 0.2) is 0 Å². The van der Waals surface area contributed by atoms with Crippen LogP contribution in [0.1, 0.15) is 65.4 Å². The monoisotopic (exact) mass is 433 g/mol. The summed E-state index contributed by atoms with van der Waals surface area (Å²) in [6.45, 7) is 12.9. The van der Waals surface area contributed by atoms with Crippen molar-refractivity contribution in [3.63, 3.8) is 0 Å². The van der Waals surface area contributed by atoms with E-state index >= 15 is 0 Å². The fourth-order valence-electron chi connectivity index (χ4n) is 4.23. The second-order valence-electron chi connectivity index (χ2n) is 9.61. The van der Waals surface area contributed by atoms with Gasteiger partial charge in [0.2, 0.25) is 5.91 Å². The number of imidazole rings is 1. The number of aryl methyl sites for hydroxylation is 1. The quantitative estimate of drug-likeness (QED) is 0.770. The molecule has 0 aliphatic carbocycles. The molecule has 3 heterocycles. The summed E-state index contributed by atoms with van der Waals surface area (Å²) < 4.78 is 7.02. The molecule has 0 radical (unpaired) electrons. The minimum Gasteiger partial charge on any atom is -0.444 e. The summed E-state index contributed by atoms with van der Waals surface area (Å²) in [4.78, 5) is 46.2. The van der Waals surface area contributed by atoms with Crippen molar-refractivity contribution in [1.29, 1.82) is 0 Å². The van der Waals surface area contributed by atoms with Crippen molar-refractivity contribution in [3.8, 4) is 0 Å². The topological polar surface area (TPSA) is 96.8 Å². The van der Waals surface area contributed by atoms with E-state index in [1.807, 2.05) is 25.7 Å². The summed E-state index contributed by atoms with van der Waals surface area (Å²) in [5.74, 6) is 0.608. The minimum absolute atomic E-state index is 0.0146. The highest BCUT2D eigenvalue weighted by Gasteiger charge is 2.38. The van der Waals surface area contributed by atoms with E-state index in [9.17, 15) is 14.4 Å². The Bertz CT molecular complexity index is 835. The molecule has 0 aromatic carbocycles. The van der Waals surface area contributed by atoms with Crippen molar-refractivity contribution in [2.24, 2.45) is 5.92 Å². The number of rotatable bonds is 5. The number of carbonyl (C=O) groups is 3. The van der Waals surface area contributed by atoms with Crippen LogP contribution in [0, 0.1) is 12.8 Å². The normalized spacial score (nSPS) is 19.2. The average molecular weight is 434 g/mol. The Balaban J connectivity index is 1.60. The van der Waals surface area contributed by atoms with E-state index < -0.39 is 17.7 Å². The second kappa shape index (κ2) is 8.88. The molecular weight excluding hydrogens is 398 g/mol. The standard InChI is InChI=1S/C22H35N5O4/c1-7-14(2)18(24-20(29)31-22(4,5)6)19(28)25-10-8-16(9-11-25)26-13-17-12-23-15(3)27(17)21(26)30/h12,14,16,18H,7-11,13H2,1-6H3,(H,24,29)/t14-,18+/m0/s1. The van der Waals surface area contributed by atoms with Gasteiger partial charge in [0.05, 0.1) is 18.4 Å². The number of nitrogens with one attached hydrogen (secondary N) is 1. The lowest BCUT2D eigenvalue weighted by atomic mass is 9.96. The molecular formula is C22H35N5O4. The van der Waals surface area contributed by atoms with Gasteiger partial charge >= 0.3 is 12.1 Å². The number of ether oxygens (including phenoxy) is 1. The molecule has 31 heavy (non-hydrogen) atoms. The molecule has 1 fully saturated rings. The van der Waals surface area contributed by atoms with Gasteiger partial charge in [0, 0.05) is 19.1 Å². The third-order valence-corrected chi connectivity index (χ3v) is 6.15. The molecule has 1 aromatic rings. The van der Waals surface area contributed by atoms with Gasteiger partial charge in [-0.25, -0.2) is 14.6 Å². The van der Waals surface area contributed by atoms with Gasteiger partial charge in [0.25, 0.3) is 0 Å². The Labute approximate surface area is 184 Å². The van der Waals surface area contributed by atoms with Crippen LogP contribution in [0.25, 0.3) is 0 Å². The number of likely N-dealkylation sites (tertiary alicyclic amines) is 1. The van der Waals surface area contributed by atoms with Crippen LogP contribution in [0.4, 0.5) is 9.59 Å². The fourth-order valence-corrected chi connectivity index (χ4v) is 4.23. The number of hydrogen-bond acceptors (Lipinski definition) is 5. The largest absolute Gasteiger partial charge is 0.444 e. The van der Waals surface area contributed by atoms with E-state index in [4.69, 9.17) is 4.74 Å². The van der Waals surface area contributed by atoms with E-state index in [-0.39, 0.29) is 23.9 Å². The zero-order valence-electron chi connectivity index (χ0n) is 19.5. The van der Waals surface area contributed by atoms with Gasteiger partial charge in [-0.15, -0.1) is 0 Å². The van der Waals surface area contributed by atoms with Crippen LogP contribution < -0.4 is 5.32 Å². The Morgan fingerprint density at radius 1 is 1.29 bits per heavy atom. The van der Waals surface area contributed by atoms with Gasteiger partial charge in [-0.2, -0.15) is 0 Å². The Kier molecular flexibility index (Phi) is 6.62. The highest BCUT2D eigenvalue weighted by molar-refractivity contribution is 5.86. The first-order valence-electron chi connectivity index (χ1n) is 11.1. The van der Waals surface area contributed by atoms with Crippen LogP contribution in [-0.2, 0) is 16.1 Å².